The summed E-state index contributed by atoms with van der Waals surface area (Å²) in [6, 6.07) is 13.8. The third-order valence-electron chi connectivity index (χ3n) is 4.02. The monoisotopic (exact) mass is 367 g/mol. The lowest BCUT2D eigenvalue weighted by molar-refractivity contribution is 0.0987. The van der Waals surface area contributed by atoms with Gasteiger partial charge >= 0.3 is 0 Å². The van der Waals surface area contributed by atoms with Crippen LogP contribution in [0.15, 0.2) is 59.8 Å². The summed E-state index contributed by atoms with van der Waals surface area (Å²) < 4.78 is 0. The predicted octanol–water partition coefficient (Wildman–Crippen LogP) is 4.59. The minimum absolute atomic E-state index is 0.0153. The Morgan fingerprint density at radius 3 is 2.84 bits per heavy atom. The van der Waals surface area contributed by atoms with Crippen molar-refractivity contribution in [3.8, 4) is 10.7 Å². The van der Waals surface area contributed by atoms with E-state index in [1.807, 2.05) is 53.1 Å². The number of hydrogen-bond acceptors (Lipinski definition) is 5. The number of aromatic nitrogens is 2. The molecule has 0 radical (unpaired) electrons. The van der Waals surface area contributed by atoms with Crippen molar-refractivity contribution in [1.82, 2.24) is 9.97 Å². The first-order valence-electron chi connectivity index (χ1n) is 8.13. The maximum absolute atomic E-state index is 13.2. The van der Waals surface area contributed by atoms with Gasteiger partial charge in [-0.2, -0.15) is 0 Å². The van der Waals surface area contributed by atoms with Crippen molar-refractivity contribution in [2.75, 3.05) is 17.2 Å². The molecule has 0 saturated carbocycles. The van der Waals surface area contributed by atoms with Crippen LogP contribution >= 0.6 is 23.1 Å². The van der Waals surface area contributed by atoms with Gasteiger partial charge in [0.1, 0.15) is 9.88 Å². The van der Waals surface area contributed by atoms with Crippen LogP contribution in [0.2, 0.25) is 0 Å². The number of para-hydroxylation sites is 1. The second kappa shape index (κ2) is 6.98. The van der Waals surface area contributed by atoms with Crippen LogP contribution < -0.4 is 4.90 Å². The number of amides is 1. The molecule has 4 nitrogen and oxygen atoms in total. The number of anilines is 1. The fourth-order valence-electron chi connectivity index (χ4n) is 2.80. The number of thioether (sulfide) groups is 1. The quantitative estimate of drug-likeness (QED) is 0.664. The Balaban J connectivity index is 1.68. The van der Waals surface area contributed by atoms with E-state index < -0.39 is 0 Å². The summed E-state index contributed by atoms with van der Waals surface area (Å²) in [5.74, 6) is 1.47. The zero-order chi connectivity index (χ0) is 17.2. The van der Waals surface area contributed by atoms with Crippen LogP contribution in [0, 0.1) is 5.92 Å². The van der Waals surface area contributed by atoms with Crippen LogP contribution in [0.4, 0.5) is 5.69 Å². The molecule has 126 valence electrons. The van der Waals surface area contributed by atoms with Crippen LogP contribution in [-0.4, -0.2) is 28.2 Å². The highest BCUT2D eigenvalue weighted by Gasteiger charge is 2.27. The number of pyridine rings is 1. The van der Waals surface area contributed by atoms with Crippen molar-refractivity contribution in [3.05, 3.63) is 59.7 Å². The lowest BCUT2D eigenvalue weighted by Gasteiger charge is -2.23. The molecule has 0 bridgehead atoms. The summed E-state index contributed by atoms with van der Waals surface area (Å²) in [6.07, 6.45) is 3.41. The zero-order valence-electron chi connectivity index (χ0n) is 13.8. The molecule has 3 heterocycles. The minimum Gasteiger partial charge on any atom is -0.306 e. The lowest BCUT2D eigenvalue weighted by Crippen LogP contribution is -2.34. The summed E-state index contributed by atoms with van der Waals surface area (Å²) in [7, 11) is 0. The fourth-order valence-corrected chi connectivity index (χ4v) is 4.72. The predicted molar refractivity (Wildman–Crippen MR) is 103 cm³/mol. The van der Waals surface area contributed by atoms with Gasteiger partial charge in [-0.1, -0.05) is 25.1 Å². The molecule has 1 unspecified atom stereocenters. The molecule has 1 atom stereocenters. The van der Waals surface area contributed by atoms with Crippen molar-refractivity contribution in [2.45, 2.75) is 11.8 Å². The van der Waals surface area contributed by atoms with E-state index in [2.05, 4.69) is 23.0 Å². The maximum atomic E-state index is 13.2. The van der Waals surface area contributed by atoms with Crippen LogP contribution in [0.25, 0.3) is 10.7 Å². The molecule has 1 aromatic carbocycles. The average molecular weight is 367 g/mol. The SMILES string of the molecule is CC1CSc2ccccc2N(C(=O)c2cnc(-c3ccccn3)s2)C1. The largest absolute Gasteiger partial charge is 0.306 e. The Kier molecular flexibility index (Phi) is 4.55. The molecule has 1 aliphatic heterocycles. The molecule has 1 aliphatic rings. The van der Waals surface area contributed by atoms with Crippen LogP contribution in [0.1, 0.15) is 16.6 Å². The third kappa shape index (κ3) is 3.32. The third-order valence-corrected chi connectivity index (χ3v) is 6.42. The van der Waals surface area contributed by atoms with E-state index in [1.165, 1.54) is 11.3 Å². The number of rotatable bonds is 2. The van der Waals surface area contributed by atoms with E-state index in [1.54, 1.807) is 12.4 Å². The molecule has 0 aliphatic carbocycles. The molecular formula is C19H17N3OS2. The van der Waals surface area contributed by atoms with E-state index in [-0.39, 0.29) is 5.91 Å². The lowest BCUT2D eigenvalue weighted by atomic mass is 10.2. The van der Waals surface area contributed by atoms with Crippen molar-refractivity contribution >= 4 is 34.7 Å². The minimum atomic E-state index is 0.0153. The standard InChI is InChI=1S/C19H17N3OS2/c1-13-11-22(15-7-2-3-8-16(15)24-12-13)19(23)17-10-21-18(25-17)14-6-4-5-9-20-14/h2-10,13H,11-12H2,1H3. The second-order valence-corrected chi connectivity index (χ2v) is 8.14. The fraction of sp³-hybridized carbons (Fsp3) is 0.211. The Labute approximate surface area is 154 Å². The smallest absolute Gasteiger partial charge is 0.270 e. The molecule has 2 aromatic heterocycles. The Bertz CT molecular complexity index is 894. The van der Waals surface area contributed by atoms with Gasteiger partial charge in [0, 0.05) is 23.4 Å². The summed E-state index contributed by atoms with van der Waals surface area (Å²) in [4.78, 5) is 25.6. The first-order valence-corrected chi connectivity index (χ1v) is 9.93. The number of thiazole rings is 1. The van der Waals surface area contributed by atoms with Gasteiger partial charge in [-0.15, -0.1) is 23.1 Å². The summed E-state index contributed by atoms with van der Waals surface area (Å²) >= 11 is 3.22. The normalized spacial score (nSPS) is 17.0. The van der Waals surface area contributed by atoms with Gasteiger partial charge in [0.2, 0.25) is 0 Å². The highest BCUT2D eigenvalue weighted by molar-refractivity contribution is 7.99. The molecule has 4 rings (SSSR count). The number of carbonyl (C=O) groups is 1. The van der Waals surface area contributed by atoms with Crippen LogP contribution in [0.3, 0.4) is 0 Å². The number of nitrogens with zero attached hydrogens (tertiary/aromatic N) is 3. The molecule has 25 heavy (non-hydrogen) atoms. The van der Waals surface area contributed by atoms with Gasteiger partial charge in [0.25, 0.3) is 5.91 Å². The first kappa shape index (κ1) is 16.3. The van der Waals surface area contributed by atoms with Gasteiger partial charge in [-0.3, -0.25) is 9.78 Å². The van der Waals surface area contributed by atoms with E-state index >= 15 is 0 Å². The van der Waals surface area contributed by atoms with Crippen molar-refractivity contribution in [2.24, 2.45) is 5.92 Å². The van der Waals surface area contributed by atoms with E-state index in [9.17, 15) is 4.79 Å². The summed E-state index contributed by atoms with van der Waals surface area (Å²) in [5.41, 5.74) is 1.79. The summed E-state index contributed by atoms with van der Waals surface area (Å²) in [5, 5.41) is 0.773. The Hall–Kier alpha value is -2.18. The molecule has 0 N–H and O–H groups in total. The van der Waals surface area contributed by atoms with E-state index in [0.717, 1.165) is 33.6 Å². The van der Waals surface area contributed by atoms with Crippen LogP contribution in [0.5, 0.6) is 0 Å². The molecule has 0 spiro atoms. The van der Waals surface area contributed by atoms with Gasteiger partial charge in [0.15, 0.2) is 0 Å². The Morgan fingerprint density at radius 1 is 1.16 bits per heavy atom. The zero-order valence-corrected chi connectivity index (χ0v) is 15.4. The van der Waals surface area contributed by atoms with Crippen molar-refractivity contribution in [3.63, 3.8) is 0 Å². The molecule has 0 fully saturated rings. The molecule has 3 aromatic rings. The number of fused-ring (bicyclic) bond motifs is 1. The number of carbonyl (C=O) groups excluding carboxylic acids is 1. The van der Waals surface area contributed by atoms with Gasteiger partial charge in [-0.05, 0) is 30.2 Å². The maximum Gasteiger partial charge on any atom is 0.270 e. The Morgan fingerprint density at radius 2 is 2.00 bits per heavy atom. The van der Waals surface area contributed by atoms with E-state index in [4.69, 9.17) is 0 Å². The van der Waals surface area contributed by atoms with Crippen LogP contribution in [-0.2, 0) is 0 Å². The highest BCUT2D eigenvalue weighted by Crippen LogP contribution is 2.36. The molecule has 1 amide bonds. The highest BCUT2D eigenvalue weighted by atomic mass is 32.2. The van der Waals surface area contributed by atoms with Crippen molar-refractivity contribution in [1.29, 1.82) is 0 Å². The molecule has 6 heteroatoms. The second-order valence-electron chi connectivity index (χ2n) is 6.04. The first-order chi connectivity index (χ1) is 12.2. The summed E-state index contributed by atoms with van der Waals surface area (Å²) in [6.45, 7) is 2.91. The van der Waals surface area contributed by atoms with Gasteiger partial charge in [-0.25, -0.2) is 4.98 Å². The van der Waals surface area contributed by atoms with Gasteiger partial charge < -0.3 is 4.90 Å². The number of hydrogen-bond donors (Lipinski definition) is 0. The number of benzene rings is 1. The molecule has 0 saturated heterocycles. The van der Waals surface area contributed by atoms with E-state index in [0.29, 0.717) is 10.8 Å². The molecular weight excluding hydrogens is 350 g/mol. The topological polar surface area (TPSA) is 46.1 Å². The average Bonchev–Trinajstić information content (AvgIpc) is 3.09. The van der Waals surface area contributed by atoms with Crippen molar-refractivity contribution < 1.29 is 4.79 Å². The van der Waals surface area contributed by atoms with Gasteiger partial charge in [0.05, 0.1) is 17.6 Å².